The summed E-state index contributed by atoms with van der Waals surface area (Å²) in [6.07, 6.45) is -7.88. The SMILES string of the molecule is CC(=O)O[C@@H]1[C@@H](OC(C)=O)[C@@H](Oc2cccc(-c3c(C(F)(F)F)n[nH]c3C)c2)SC[C@H]1OC(C)=O. The number of nitrogens with one attached hydrogen (secondary N) is 1. The van der Waals surface area contributed by atoms with Gasteiger partial charge in [-0.2, -0.15) is 18.3 Å². The number of aryl methyl sites for hydroxylation is 1. The number of ether oxygens (including phenoxy) is 4. The van der Waals surface area contributed by atoms with Gasteiger partial charge in [0.2, 0.25) is 0 Å². The minimum atomic E-state index is -4.67. The zero-order valence-electron chi connectivity index (χ0n) is 19.2. The lowest BCUT2D eigenvalue weighted by atomic mass is 10.0. The zero-order chi connectivity index (χ0) is 25.9. The fourth-order valence-electron chi connectivity index (χ4n) is 3.66. The van der Waals surface area contributed by atoms with E-state index < -0.39 is 53.5 Å². The first-order valence-corrected chi connectivity index (χ1v) is 11.4. The molecule has 0 amide bonds. The lowest BCUT2D eigenvalue weighted by Gasteiger charge is -2.39. The number of alkyl halides is 3. The Morgan fingerprint density at radius 1 is 1.03 bits per heavy atom. The first-order valence-electron chi connectivity index (χ1n) is 10.4. The normalized spacial score (nSPS) is 22.3. The zero-order valence-corrected chi connectivity index (χ0v) is 20.0. The molecule has 2 heterocycles. The van der Waals surface area contributed by atoms with Crippen molar-refractivity contribution in [1.29, 1.82) is 0 Å². The minimum absolute atomic E-state index is 0.122. The number of hydrogen-bond donors (Lipinski definition) is 1. The van der Waals surface area contributed by atoms with Crippen LogP contribution in [0, 0.1) is 6.92 Å². The lowest BCUT2D eigenvalue weighted by molar-refractivity contribution is -0.186. The molecule has 1 aromatic carbocycles. The van der Waals surface area contributed by atoms with E-state index in [1.807, 2.05) is 0 Å². The second-order valence-electron chi connectivity index (χ2n) is 7.71. The summed E-state index contributed by atoms with van der Waals surface area (Å²) in [6, 6.07) is 5.92. The molecule has 35 heavy (non-hydrogen) atoms. The van der Waals surface area contributed by atoms with Crippen molar-refractivity contribution in [3.8, 4) is 16.9 Å². The lowest BCUT2D eigenvalue weighted by Crippen LogP contribution is -2.55. The van der Waals surface area contributed by atoms with Crippen LogP contribution in [0.3, 0.4) is 0 Å². The number of benzene rings is 1. The van der Waals surface area contributed by atoms with Gasteiger partial charge in [-0.3, -0.25) is 19.5 Å². The summed E-state index contributed by atoms with van der Waals surface area (Å²) >= 11 is 1.14. The Morgan fingerprint density at radius 2 is 1.66 bits per heavy atom. The standard InChI is InChI=1S/C22H23F3N2O7S/c1-10-17(20(27-26-10)22(23,24)25)14-6-5-7-15(8-14)34-21-19(33-13(4)30)18(32-12(3)29)16(9-35-21)31-11(2)28/h5-8,16,18-19,21H,9H2,1-4H3,(H,26,27)/t16-,18+,19-,21+/m1/s1. The summed E-state index contributed by atoms with van der Waals surface area (Å²) in [5, 5.41) is 5.73. The van der Waals surface area contributed by atoms with Crippen LogP contribution in [0.15, 0.2) is 24.3 Å². The molecule has 190 valence electrons. The third-order valence-electron chi connectivity index (χ3n) is 4.90. The average Bonchev–Trinajstić information content (AvgIpc) is 3.13. The topological polar surface area (TPSA) is 117 Å². The minimum Gasteiger partial charge on any atom is -0.476 e. The molecule has 0 aliphatic carbocycles. The highest BCUT2D eigenvalue weighted by Gasteiger charge is 2.47. The van der Waals surface area contributed by atoms with Crippen LogP contribution in [0.4, 0.5) is 13.2 Å². The maximum Gasteiger partial charge on any atom is 0.435 e. The van der Waals surface area contributed by atoms with Crippen LogP contribution in [0.5, 0.6) is 5.75 Å². The van der Waals surface area contributed by atoms with Gasteiger partial charge in [0, 0.05) is 37.8 Å². The van der Waals surface area contributed by atoms with Gasteiger partial charge in [0.15, 0.2) is 29.4 Å². The second-order valence-corrected chi connectivity index (χ2v) is 8.84. The van der Waals surface area contributed by atoms with Crippen LogP contribution in [0.1, 0.15) is 32.2 Å². The number of thioether (sulfide) groups is 1. The molecule has 1 aliphatic rings. The number of carbonyl (C=O) groups is 3. The van der Waals surface area contributed by atoms with E-state index in [0.717, 1.165) is 25.6 Å². The molecule has 3 rings (SSSR count). The van der Waals surface area contributed by atoms with Crippen molar-refractivity contribution in [2.24, 2.45) is 0 Å². The molecule has 1 fully saturated rings. The van der Waals surface area contributed by atoms with Gasteiger partial charge >= 0.3 is 24.1 Å². The summed E-state index contributed by atoms with van der Waals surface area (Å²) in [6.45, 7) is 4.97. The highest BCUT2D eigenvalue weighted by atomic mass is 32.2. The first-order chi connectivity index (χ1) is 16.4. The fourth-order valence-corrected chi connectivity index (χ4v) is 4.87. The van der Waals surface area contributed by atoms with Crippen LogP contribution >= 0.6 is 11.8 Å². The van der Waals surface area contributed by atoms with Gasteiger partial charge in [-0.05, 0) is 24.6 Å². The quantitative estimate of drug-likeness (QED) is 0.454. The van der Waals surface area contributed by atoms with Crippen molar-refractivity contribution in [3.63, 3.8) is 0 Å². The molecule has 9 nitrogen and oxygen atoms in total. The molecule has 1 aromatic heterocycles. The molecule has 0 bridgehead atoms. The Kier molecular flexibility index (Phi) is 7.98. The number of halogens is 3. The van der Waals surface area contributed by atoms with Crippen LogP contribution in [0.25, 0.3) is 11.1 Å². The number of carbonyl (C=O) groups excluding carboxylic acids is 3. The van der Waals surface area contributed by atoms with Crippen molar-refractivity contribution < 1.29 is 46.5 Å². The first kappa shape index (κ1) is 26.4. The predicted molar refractivity (Wildman–Crippen MR) is 117 cm³/mol. The summed E-state index contributed by atoms with van der Waals surface area (Å²) in [5.41, 5.74) is -1.67. The summed E-state index contributed by atoms with van der Waals surface area (Å²) in [5.74, 6) is -1.66. The van der Waals surface area contributed by atoms with Crippen LogP contribution in [-0.2, 0) is 34.8 Å². The molecule has 0 unspecified atom stereocenters. The molecule has 0 saturated carbocycles. The van der Waals surface area contributed by atoms with Crippen LogP contribution in [0.2, 0.25) is 0 Å². The van der Waals surface area contributed by atoms with E-state index in [1.165, 1.54) is 38.1 Å². The summed E-state index contributed by atoms with van der Waals surface area (Å²) < 4.78 is 62.2. The van der Waals surface area contributed by atoms with Crippen molar-refractivity contribution >= 4 is 29.7 Å². The third kappa shape index (κ3) is 6.47. The van der Waals surface area contributed by atoms with E-state index in [-0.39, 0.29) is 28.3 Å². The highest BCUT2D eigenvalue weighted by Crippen LogP contribution is 2.39. The summed E-state index contributed by atoms with van der Waals surface area (Å²) in [7, 11) is 0. The average molecular weight is 516 g/mol. The summed E-state index contributed by atoms with van der Waals surface area (Å²) in [4.78, 5) is 35.0. The molecule has 1 saturated heterocycles. The highest BCUT2D eigenvalue weighted by molar-refractivity contribution is 7.99. The number of aromatic nitrogens is 2. The van der Waals surface area contributed by atoms with Crippen molar-refractivity contribution in [1.82, 2.24) is 10.2 Å². The number of aromatic amines is 1. The molecule has 0 spiro atoms. The van der Waals surface area contributed by atoms with Gasteiger partial charge in [0.05, 0.1) is 0 Å². The number of hydrogen-bond acceptors (Lipinski definition) is 9. The van der Waals surface area contributed by atoms with Crippen LogP contribution in [-0.4, -0.2) is 57.6 Å². The van der Waals surface area contributed by atoms with E-state index in [2.05, 4.69) is 10.2 Å². The van der Waals surface area contributed by atoms with E-state index in [1.54, 1.807) is 0 Å². The van der Waals surface area contributed by atoms with Crippen molar-refractivity contribution in [3.05, 3.63) is 35.7 Å². The number of nitrogens with zero attached hydrogens (tertiary/aromatic N) is 1. The van der Waals surface area contributed by atoms with E-state index in [0.29, 0.717) is 0 Å². The monoisotopic (exact) mass is 516 g/mol. The molecule has 4 atom stereocenters. The number of esters is 3. The van der Waals surface area contributed by atoms with Crippen molar-refractivity contribution in [2.75, 3.05) is 5.75 Å². The largest absolute Gasteiger partial charge is 0.476 e. The van der Waals surface area contributed by atoms with Crippen molar-refractivity contribution in [2.45, 2.75) is 57.6 Å². The maximum absolute atomic E-state index is 13.4. The molecule has 0 radical (unpaired) electrons. The third-order valence-corrected chi connectivity index (χ3v) is 6.11. The predicted octanol–water partition coefficient (Wildman–Crippen LogP) is 3.65. The van der Waals surface area contributed by atoms with E-state index in [4.69, 9.17) is 18.9 Å². The Bertz CT molecular complexity index is 1100. The Balaban J connectivity index is 1.93. The Morgan fingerprint density at radius 3 is 2.26 bits per heavy atom. The molecule has 1 N–H and O–H groups in total. The van der Waals surface area contributed by atoms with Gasteiger partial charge < -0.3 is 18.9 Å². The number of rotatable bonds is 6. The molecule has 2 aromatic rings. The Hall–Kier alpha value is -3.22. The van der Waals surface area contributed by atoms with Gasteiger partial charge in [0.1, 0.15) is 5.75 Å². The van der Waals surface area contributed by atoms with Crippen LogP contribution < -0.4 is 4.74 Å². The Labute approximate surface area is 202 Å². The molecule has 13 heteroatoms. The molecule has 1 aliphatic heterocycles. The molecular formula is C22H23F3N2O7S. The maximum atomic E-state index is 13.4. The second kappa shape index (κ2) is 10.6. The molecular weight excluding hydrogens is 493 g/mol. The van der Waals surface area contributed by atoms with Gasteiger partial charge in [-0.1, -0.05) is 12.1 Å². The smallest absolute Gasteiger partial charge is 0.435 e. The van der Waals surface area contributed by atoms with Gasteiger partial charge in [-0.25, -0.2) is 0 Å². The number of H-pyrrole nitrogens is 1. The van der Waals surface area contributed by atoms with Gasteiger partial charge in [0.25, 0.3) is 0 Å². The fraction of sp³-hybridized carbons (Fsp3) is 0.455. The van der Waals surface area contributed by atoms with E-state index in [9.17, 15) is 27.6 Å². The van der Waals surface area contributed by atoms with Gasteiger partial charge in [-0.15, -0.1) is 11.8 Å². The van der Waals surface area contributed by atoms with E-state index >= 15 is 0 Å².